The second-order valence-electron chi connectivity index (χ2n) is 3.92. The summed E-state index contributed by atoms with van der Waals surface area (Å²) in [6.07, 6.45) is 12.6. The Balaban J connectivity index is 2.19. The van der Waals surface area contributed by atoms with Crippen molar-refractivity contribution in [3.63, 3.8) is 0 Å². The molecule has 3 rings (SSSR count). The summed E-state index contributed by atoms with van der Waals surface area (Å²) >= 11 is 0. The van der Waals surface area contributed by atoms with E-state index < -0.39 is 0 Å². The fraction of sp³-hybridized carbons (Fsp3) is 0.364. The minimum atomic E-state index is 0.212. The molecule has 0 N–H and O–H groups in total. The number of ketones is 1. The van der Waals surface area contributed by atoms with Crippen molar-refractivity contribution in [3.05, 3.63) is 36.0 Å². The number of allylic oxidation sites excluding steroid dienone is 6. The number of fused-ring (bicyclic) bond motifs is 1. The Kier molecular flexibility index (Phi) is 0.957. The summed E-state index contributed by atoms with van der Waals surface area (Å²) < 4.78 is 0. The van der Waals surface area contributed by atoms with Crippen molar-refractivity contribution in [1.82, 2.24) is 0 Å². The van der Waals surface area contributed by atoms with Gasteiger partial charge in [-0.05, 0) is 30.4 Å². The summed E-state index contributed by atoms with van der Waals surface area (Å²) in [5.41, 5.74) is 1.25. The standard InChI is InChI=1S/C11H10O/c12-10-3-5-11-4-1-2-9(11)6-8(10)7-11/h1,3-6,9H,2,7H2. The summed E-state index contributed by atoms with van der Waals surface area (Å²) in [7, 11) is 0. The van der Waals surface area contributed by atoms with Crippen LogP contribution in [0.3, 0.4) is 0 Å². The highest BCUT2D eigenvalue weighted by Gasteiger charge is 2.44. The molecule has 0 heterocycles. The molecule has 0 fully saturated rings. The summed E-state index contributed by atoms with van der Waals surface area (Å²) in [4.78, 5) is 11.3. The van der Waals surface area contributed by atoms with Crippen LogP contribution >= 0.6 is 0 Å². The minimum absolute atomic E-state index is 0.212. The molecule has 2 bridgehead atoms. The fourth-order valence-electron chi connectivity index (χ4n) is 2.57. The van der Waals surface area contributed by atoms with E-state index in [0.29, 0.717) is 5.92 Å². The highest BCUT2D eigenvalue weighted by atomic mass is 16.1. The van der Waals surface area contributed by atoms with Crippen molar-refractivity contribution in [2.24, 2.45) is 11.3 Å². The molecule has 3 aliphatic carbocycles. The number of rotatable bonds is 0. The first-order valence-electron chi connectivity index (χ1n) is 4.42. The van der Waals surface area contributed by atoms with E-state index in [1.165, 1.54) is 0 Å². The van der Waals surface area contributed by atoms with E-state index in [4.69, 9.17) is 0 Å². The lowest BCUT2D eigenvalue weighted by atomic mass is 9.77. The lowest BCUT2D eigenvalue weighted by molar-refractivity contribution is -0.111. The van der Waals surface area contributed by atoms with E-state index in [0.717, 1.165) is 18.4 Å². The molecule has 60 valence electrons. The number of hydrogen-bond acceptors (Lipinski definition) is 1. The highest BCUT2D eigenvalue weighted by Crippen LogP contribution is 2.52. The smallest absolute Gasteiger partial charge is 0.181 e. The van der Waals surface area contributed by atoms with Gasteiger partial charge in [0.2, 0.25) is 0 Å². The van der Waals surface area contributed by atoms with Gasteiger partial charge < -0.3 is 0 Å². The van der Waals surface area contributed by atoms with E-state index in [-0.39, 0.29) is 11.2 Å². The quantitative estimate of drug-likeness (QED) is 0.493. The highest BCUT2D eigenvalue weighted by molar-refractivity contribution is 6.06. The molecular weight excluding hydrogens is 148 g/mol. The Morgan fingerprint density at radius 2 is 2.33 bits per heavy atom. The monoisotopic (exact) mass is 158 g/mol. The van der Waals surface area contributed by atoms with Gasteiger partial charge in [0.1, 0.15) is 0 Å². The van der Waals surface area contributed by atoms with Gasteiger partial charge >= 0.3 is 0 Å². The average molecular weight is 158 g/mol. The number of carbonyl (C=O) groups excluding carboxylic acids is 1. The van der Waals surface area contributed by atoms with Crippen LogP contribution in [0.5, 0.6) is 0 Å². The van der Waals surface area contributed by atoms with Gasteiger partial charge in [-0.3, -0.25) is 4.79 Å². The van der Waals surface area contributed by atoms with E-state index in [9.17, 15) is 4.79 Å². The van der Waals surface area contributed by atoms with E-state index >= 15 is 0 Å². The van der Waals surface area contributed by atoms with Gasteiger partial charge in [0.15, 0.2) is 5.78 Å². The van der Waals surface area contributed by atoms with Gasteiger partial charge in [-0.1, -0.05) is 24.3 Å². The van der Waals surface area contributed by atoms with Crippen LogP contribution in [-0.4, -0.2) is 5.78 Å². The summed E-state index contributed by atoms with van der Waals surface area (Å²) in [6, 6.07) is 0. The summed E-state index contributed by atoms with van der Waals surface area (Å²) in [5, 5.41) is 0. The Hall–Kier alpha value is -1.11. The Bertz CT molecular complexity index is 346. The van der Waals surface area contributed by atoms with Crippen molar-refractivity contribution < 1.29 is 4.79 Å². The van der Waals surface area contributed by atoms with Gasteiger partial charge in [0.05, 0.1) is 0 Å². The molecule has 0 aliphatic heterocycles. The SMILES string of the molecule is O=C1C=CC23C=CCC2C=C1C3. The van der Waals surface area contributed by atoms with Crippen LogP contribution in [0.25, 0.3) is 0 Å². The third-order valence-corrected chi connectivity index (χ3v) is 3.27. The molecule has 2 unspecified atom stereocenters. The molecule has 1 spiro atoms. The normalized spacial score (nSPS) is 41.8. The maximum atomic E-state index is 11.3. The minimum Gasteiger partial charge on any atom is -0.290 e. The van der Waals surface area contributed by atoms with E-state index in [2.05, 4.69) is 24.3 Å². The second-order valence-corrected chi connectivity index (χ2v) is 3.92. The zero-order valence-electron chi connectivity index (χ0n) is 6.79. The molecule has 1 heteroatoms. The molecule has 1 nitrogen and oxygen atoms in total. The first-order chi connectivity index (χ1) is 5.80. The van der Waals surface area contributed by atoms with Gasteiger partial charge in [-0.2, -0.15) is 0 Å². The first-order valence-corrected chi connectivity index (χ1v) is 4.42. The lowest BCUT2D eigenvalue weighted by Gasteiger charge is -2.25. The van der Waals surface area contributed by atoms with Gasteiger partial charge in [-0.25, -0.2) is 0 Å². The molecular formula is C11H10O. The molecule has 0 saturated heterocycles. The predicted octanol–water partition coefficient (Wildman–Crippen LogP) is 2.02. The Labute approximate surface area is 71.5 Å². The largest absolute Gasteiger partial charge is 0.290 e. The molecule has 3 aliphatic rings. The average Bonchev–Trinajstić information content (AvgIpc) is 2.52. The molecule has 0 aromatic heterocycles. The second kappa shape index (κ2) is 1.79. The van der Waals surface area contributed by atoms with Crippen LogP contribution in [-0.2, 0) is 4.79 Å². The first kappa shape index (κ1) is 6.41. The van der Waals surface area contributed by atoms with Gasteiger partial charge in [-0.15, -0.1) is 0 Å². The van der Waals surface area contributed by atoms with Gasteiger partial charge in [0.25, 0.3) is 0 Å². The third-order valence-electron chi connectivity index (χ3n) is 3.27. The van der Waals surface area contributed by atoms with Crippen molar-refractivity contribution in [2.75, 3.05) is 0 Å². The Morgan fingerprint density at radius 1 is 1.42 bits per heavy atom. The van der Waals surface area contributed by atoms with Crippen molar-refractivity contribution in [3.8, 4) is 0 Å². The molecule has 2 atom stereocenters. The van der Waals surface area contributed by atoms with Crippen molar-refractivity contribution >= 4 is 5.78 Å². The maximum Gasteiger partial charge on any atom is 0.181 e. The zero-order chi connectivity index (χ0) is 8.18. The predicted molar refractivity (Wildman–Crippen MR) is 46.5 cm³/mol. The summed E-state index contributed by atoms with van der Waals surface area (Å²) in [5.74, 6) is 0.804. The van der Waals surface area contributed by atoms with Crippen LogP contribution in [0.15, 0.2) is 36.0 Å². The van der Waals surface area contributed by atoms with Crippen LogP contribution in [0.4, 0.5) is 0 Å². The number of carbonyl (C=O) groups is 1. The summed E-state index contributed by atoms with van der Waals surface area (Å²) in [6.45, 7) is 0. The van der Waals surface area contributed by atoms with Crippen molar-refractivity contribution in [1.29, 1.82) is 0 Å². The van der Waals surface area contributed by atoms with E-state index in [1.807, 2.05) is 0 Å². The lowest BCUT2D eigenvalue weighted by Crippen LogP contribution is -2.20. The molecule has 0 amide bonds. The van der Waals surface area contributed by atoms with Crippen LogP contribution < -0.4 is 0 Å². The molecule has 0 aromatic rings. The van der Waals surface area contributed by atoms with E-state index in [1.54, 1.807) is 6.08 Å². The Morgan fingerprint density at radius 3 is 3.25 bits per heavy atom. The van der Waals surface area contributed by atoms with Crippen LogP contribution in [0.2, 0.25) is 0 Å². The molecule has 0 aromatic carbocycles. The molecule has 0 saturated carbocycles. The number of hydrogen-bond donors (Lipinski definition) is 0. The topological polar surface area (TPSA) is 17.1 Å². The van der Waals surface area contributed by atoms with Crippen LogP contribution in [0.1, 0.15) is 12.8 Å². The third kappa shape index (κ3) is 0.580. The molecule has 12 heavy (non-hydrogen) atoms. The van der Waals surface area contributed by atoms with Crippen molar-refractivity contribution in [2.45, 2.75) is 12.8 Å². The maximum absolute atomic E-state index is 11.3. The van der Waals surface area contributed by atoms with Gasteiger partial charge in [0, 0.05) is 5.41 Å². The zero-order valence-corrected chi connectivity index (χ0v) is 6.79. The van der Waals surface area contributed by atoms with Crippen LogP contribution in [0, 0.1) is 11.3 Å². The fourth-order valence-corrected chi connectivity index (χ4v) is 2.57. The molecule has 0 radical (unpaired) electrons.